The second kappa shape index (κ2) is 6.24. The zero-order valence-electron chi connectivity index (χ0n) is 10.8. The van der Waals surface area contributed by atoms with E-state index in [2.05, 4.69) is 18.1 Å². The minimum absolute atomic E-state index is 0.123. The molecular weight excluding hydrogens is 262 g/mol. The minimum atomic E-state index is -0.623. The van der Waals surface area contributed by atoms with Gasteiger partial charge in [-0.3, -0.25) is 4.90 Å². The first-order valence-electron chi connectivity index (χ1n) is 6.23. The van der Waals surface area contributed by atoms with Crippen LogP contribution in [0, 0.1) is 0 Å². The predicted molar refractivity (Wildman–Crippen MR) is 77.7 cm³/mol. The number of nitrogens with zero attached hydrogens (tertiary/aromatic N) is 1. The van der Waals surface area contributed by atoms with Crippen LogP contribution in [0.3, 0.4) is 0 Å². The molecule has 1 heterocycles. The van der Waals surface area contributed by atoms with Crippen molar-refractivity contribution in [2.24, 2.45) is 0 Å². The lowest BCUT2D eigenvalue weighted by atomic mass is 9.98. The fraction of sp³-hybridized carbons (Fsp3) is 0.333. The normalized spacial score (nSPS) is 21.6. The molecule has 1 N–H and O–H groups in total. The summed E-state index contributed by atoms with van der Waals surface area (Å²) >= 11 is 5.98. The standard InChI is InChI=1S/C15H18ClNO2/c1-3-7-17(8-4-2)13-10-19-14-6-5-11(16)9-12(14)15(13)18/h3-6,9,13,15,18H,1-2,7-8,10H2. The number of fused-ring (bicyclic) bond motifs is 1. The van der Waals surface area contributed by atoms with E-state index in [1.54, 1.807) is 18.2 Å². The van der Waals surface area contributed by atoms with Crippen molar-refractivity contribution < 1.29 is 9.84 Å². The van der Waals surface area contributed by atoms with Gasteiger partial charge in [0, 0.05) is 23.7 Å². The fourth-order valence-electron chi connectivity index (χ4n) is 2.34. The van der Waals surface area contributed by atoms with Crippen LogP contribution in [0.1, 0.15) is 11.7 Å². The lowest BCUT2D eigenvalue weighted by Gasteiger charge is -2.37. The van der Waals surface area contributed by atoms with E-state index >= 15 is 0 Å². The van der Waals surface area contributed by atoms with Crippen molar-refractivity contribution >= 4 is 11.6 Å². The molecule has 1 aliphatic heterocycles. The summed E-state index contributed by atoms with van der Waals surface area (Å²) in [6.07, 6.45) is 3.00. The molecule has 1 aromatic carbocycles. The molecule has 0 aliphatic carbocycles. The highest BCUT2D eigenvalue weighted by atomic mass is 35.5. The van der Waals surface area contributed by atoms with Gasteiger partial charge in [-0.2, -0.15) is 0 Å². The van der Waals surface area contributed by atoms with Crippen LogP contribution in [-0.4, -0.2) is 35.7 Å². The van der Waals surface area contributed by atoms with Crippen LogP contribution in [0.2, 0.25) is 5.02 Å². The van der Waals surface area contributed by atoms with Gasteiger partial charge in [-0.1, -0.05) is 23.8 Å². The first kappa shape index (κ1) is 14.1. The van der Waals surface area contributed by atoms with E-state index in [0.717, 1.165) is 5.56 Å². The molecule has 0 spiro atoms. The largest absolute Gasteiger partial charge is 0.491 e. The molecule has 19 heavy (non-hydrogen) atoms. The Morgan fingerprint density at radius 3 is 2.68 bits per heavy atom. The van der Waals surface area contributed by atoms with Gasteiger partial charge in [0.25, 0.3) is 0 Å². The molecule has 1 aromatic rings. The molecule has 2 rings (SSSR count). The van der Waals surface area contributed by atoms with E-state index < -0.39 is 6.10 Å². The van der Waals surface area contributed by atoms with E-state index in [0.29, 0.717) is 30.5 Å². The molecule has 0 aromatic heterocycles. The molecule has 0 amide bonds. The monoisotopic (exact) mass is 279 g/mol. The van der Waals surface area contributed by atoms with E-state index in [-0.39, 0.29) is 6.04 Å². The zero-order chi connectivity index (χ0) is 13.8. The third-order valence-electron chi connectivity index (χ3n) is 3.26. The number of aliphatic hydroxyl groups is 1. The SMILES string of the molecule is C=CCN(CC=C)C1COc2ccc(Cl)cc2C1O. The third kappa shape index (κ3) is 3.00. The van der Waals surface area contributed by atoms with E-state index in [1.165, 1.54) is 0 Å². The molecule has 0 saturated heterocycles. The second-order valence-electron chi connectivity index (χ2n) is 4.54. The highest BCUT2D eigenvalue weighted by Crippen LogP contribution is 2.35. The molecular formula is C15H18ClNO2. The van der Waals surface area contributed by atoms with Gasteiger partial charge in [0.15, 0.2) is 0 Å². The first-order valence-corrected chi connectivity index (χ1v) is 6.61. The van der Waals surface area contributed by atoms with E-state index in [4.69, 9.17) is 16.3 Å². The van der Waals surface area contributed by atoms with Crippen LogP contribution in [0.25, 0.3) is 0 Å². The Morgan fingerprint density at radius 1 is 1.37 bits per heavy atom. The summed E-state index contributed by atoms with van der Waals surface area (Å²) in [5.41, 5.74) is 0.738. The predicted octanol–water partition coefficient (Wildman–Crippen LogP) is 2.81. The number of ether oxygens (including phenoxy) is 1. The smallest absolute Gasteiger partial charge is 0.125 e. The highest BCUT2D eigenvalue weighted by molar-refractivity contribution is 6.30. The summed E-state index contributed by atoms with van der Waals surface area (Å²) in [6.45, 7) is 9.27. The Morgan fingerprint density at radius 2 is 2.05 bits per heavy atom. The fourth-order valence-corrected chi connectivity index (χ4v) is 2.52. The molecule has 0 fully saturated rings. The summed E-state index contributed by atoms with van der Waals surface area (Å²) in [4.78, 5) is 2.08. The zero-order valence-corrected chi connectivity index (χ0v) is 11.5. The van der Waals surface area contributed by atoms with Gasteiger partial charge < -0.3 is 9.84 Å². The summed E-state index contributed by atoms with van der Waals surface area (Å²) in [7, 11) is 0. The quantitative estimate of drug-likeness (QED) is 0.842. The number of hydrogen-bond acceptors (Lipinski definition) is 3. The molecule has 3 nitrogen and oxygen atoms in total. The van der Waals surface area contributed by atoms with Gasteiger partial charge in [-0.25, -0.2) is 0 Å². The summed E-state index contributed by atoms with van der Waals surface area (Å²) in [5, 5.41) is 11.1. The lowest BCUT2D eigenvalue weighted by Crippen LogP contribution is -2.46. The van der Waals surface area contributed by atoms with Crippen molar-refractivity contribution in [3.05, 3.63) is 54.1 Å². The number of rotatable bonds is 5. The van der Waals surface area contributed by atoms with Crippen molar-refractivity contribution in [3.63, 3.8) is 0 Å². The first-order chi connectivity index (χ1) is 9.17. The van der Waals surface area contributed by atoms with Crippen LogP contribution in [-0.2, 0) is 0 Å². The number of aliphatic hydroxyl groups excluding tert-OH is 1. The van der Waals surface area contributed by atoms with Gasteiger partial charge in [-0.15, -0.1) is 13.2 Å². The Labute approximate surface area is 118 Å². The average Bonchev–Trinajstić information content (AvgIpc) is 2.40. The molecule has 0 bridgehead atoms. The molecule has 2 atom stereocenters. The van der Waals surface area contributed by atoms with E-state index in [1.807, 2.05) is 12.2 Å². The number of halogens is 1. The van der Waals surface area contributed by atoms with Gasteiger partial charge in [0.05, 0.1) is 6.04 Å². The van der Waals surface area contributed by atoms with Crippen molar-refractivity contribution in [3.8, 4) is 5.75 Å². The maximum atomic E-state index is 10.5. The summed E-state index contributed by atoms with van der Waals surface area (Å²) in [5.74, 6) is 0.699. The maximum Gasteiger partial charge on any atom is 0.125 e. The highest BCUT2D eigenvalue weighted by Gasteiger charge is 2.33. The average molecular weight is 280 g/mol. The van der Waals surface area contributed by atoms with Crippen molar-refractivity contribution in [2.45, 2.75) is 12.1 Å². The van der Waals surface area contributed by atoms with Crippen molar-refractivity contribution in [1.82, 2.24) is 4.90 Å². The maximum absolute atomic E-state index is 10.5. The Balaban J connectivity index is 2.25. The lowest BCUT2D eigenvalue weighted by molar-refractivity contribution is 0.0135. The van der Waals surface area contributed by atoms with Crippen molar-refractivity contribution in [1.29, 1.82) is 0 Å². The van der Waals surface area contributed by atoms with Crippen LogP contribution in [0.15, 0.2) is 43.5 Å². The topological polar surface area (TPSA) is 32.7 Å². The molecule has 102 valence electrons. The Hall–Kier alpha value is -1.29. The summed E-state index contributed by atoms with van der Waals surface area (Å²) in [6, 6.07) is 5.19. The van der Waals surface area contributed by atoms with Gasteiger partial charge >= 0.3 is 0 Å². The van der Waals surface area contributed by atoms with Crippen LogP contribution in [0.5, 0.6) is 5.75 Å². The molecule has 2 unspecified atom stereocenters. The van der Waals surface area contributed by atoms with Crippen LogP contribution in [0.4, 0.5) is 0 Å². The van der Waals surface area contributed by atoms with Gasteiger partial charge in [0.1, 0.15) is 18.5 Å². The molecule has 1 aliphatic rings. The number of hydrogen-bond donors (Lipinski definition) is 1. The van der Waals surface area contributed by atoms with Crippen LogP contribution >= 0.6 is 11.6 Å². The second-order valence-corrected chi connectivity index (χ2v) is 4.97. The van der Waals surface area contributed by atoms with Gasteiger partial charge in [-0.05, 0) is 18.2 Å². The third-order valence-corrected chi connectivity index (χ3v) is 3.50. The van der Waals surface area contributed by atoms with E-state index in [9.17, 15) is 5.11 Å². The summed E-state index contributed by atoms with van der Waals surface area (Å²) < 4.78 is 5.71. The number of benzene rings is 1. The Bertz CT molecular complexity index is 465. The van der Waals surface area contributed by atoms with Gasteiger partial charge in [0.2, 0.25) is 0 Å². The molecule has 0 saturated carbocycles. The van der Waals surface area contributed by atoms with Crippen LogP contribution < -0.4 is 4.74 Å². The van der Waals surface area contributed by atoms with Crippen molar-refractivity contribution in [2.75, 3.05) is 19.7 Å². The molecule has 0 radical (unpaired) electrons. The minimum Gasteiger partial charge on any atom is -0.491 e. The Kier molecular flexibility index (Phi) is 4.64. The molecule has 4 heteroatoms.